The number of nitrogens with one attached hydrogen (secondary N) is 1. The Bertz CT molecular complexity index is 530. The Kier molecular flexibility index (Phi) is 3.51. The fourth-order valence-electron chi connectivity index (χ4n) is 1.38. The number of hydrogen-bond acceptors (Lipinski definition) is 6. The highest BCUT2D eigenvalue weighted by molar-refractivity contribution is 5.98. The summed E-state index contributed by atoms with van der Waals surface area (Å²) in [7, 11) is 1.46. The second-order valence-corrected chi connectivity index (χ2v) is 3.52. The van der Waals surface area contributed by atoms with E-state index >= 15 is 0 Å². The van der Waals surface area contributed by atoms with Gasteiger partial charge in [-0.25, -0.2) is 14.4 Å². The molecule has 19 heavy (non-hydrogen) atoms. The van der Waals surface area contributed by atoms with Crippen LogP contribution in [0.2, 0.25) is 0 Å². The summed E-state index contributed by atoms with van der Waals surface area (Å²) in [6.45, 7) is 0. The molecule has 2 rings (SSSR count). The average Bonchev–Trinajstić information content (AvgIpc) is 2.41. The molecule has 0 saturated carbocycles. The molecular weight excluding hydrogens is 256 g/mol. The van der Waals surface area contributed by atoms with Crippen molar-refractivity contribution in [3.05, 3.63) is 24.3 Å². The quantitative estimate of drug-likeness (QED) is 0.785. The van der Waals surface area contributed by atoms with E-state index in [9.17, 15) is 14.4 Å². The van der Waals surface area contributed by atoms with E-state index in [1.807, 2.05) is 5.48 Å². The Morgan fingerprint density at radius 3 is 2.79 bits per heavy atom. The number of amides is 2. The Morgan fingerprint density at radius 1 is 1.26 bits per heavy atom. The zero-order valence-electron chi connectivity index (χ0n) is 9.91. The van der Waals surface area contributed by atoms with Crippen molar-refractivity contribution in [1.82, 2.24) is 5.48 Å². The fourth-order valence-corrected chi connectivity index (χ4v) is 1.38. The van der Waals surface area contributed by atoms with Crippen molar-refractivity contribution in [2.75, 3.05) is 12.2 Å². The molecule has 1 aromatic carbocycles. The lowest BCUT2D eigenvalue weighted by Crippen LogP contribution is -2.45. The molecule has 1 heterocycles. The van der Waals surface area contributed by atoms with Crippen LogP contribution >= 0.6 is 0 Å². The number of ether oxygens (including phenoxy) is 1. The maximum Gasteiger partial charge on any atom is 0.388 e. The highest BCUT2D eigenvalue weighted by Crippen LogP contribution is 2.22. The third kappa shape index (κ3) is 2.92. The molecule has 1 saturated heterocycles. The maximum atomic E-state index is 11.7. The highest BCUT2D eigenvalue weighted by Gasteiger charge is 2.27. The van der Waals surface area contributed by atoms with Crippen molar-refractivity contribution in [3.63, 3.8) is 0 Å². The van der Waals surface area contributed by atoms with Crippen LogP contribution in [0.15, 0.2) is 24.3 Å². The van der Waals surface area contributed by atoms with Crippen molar-refractivity contribution in [1.29, 1.82) is 0 Å². The summed E-state index contributed by atoms with van der Waals surface area (Å²) in [4.78, 5) is 43.1. The van der Waals surface area contributed by atoms with E-state index in [0.717, 1.165) is 0 Å². The van der Waals surface area contributed by atoms with Gasteiger partial charge in [0.2, 0.25) is 0 Å². The summed E-state index contributed by atoms with van der Waals surface area (Å²) in [6.07, 6.45) is -0.596. The lowest BCUT2D eigenvalue weighted by Gasteiger charge is -2.23. The summed E-state index contributed by atoms with van der Waals surface area (Å²) in [5.41, 5.74) is 2.11. The first-order valence-corrected chi connectivity index (χ1v) is 5.25. The number of urea groups is 1. The minimum Gasteiger partial charge on any atom is -0.497 e. The minimum absolute atomic E-state index is 0.253. The molecule has 0 spiro atoms. The largest absolute Gasteiger partial charge is 0.497 e. The van der Waals surface area contributed by atoms with E-state index < -0.39 is 24.4 Å². The Balaban J connectivity index is 2.27. The minimum atomic E-state index is -0.908. The molecule has 0 aromatic heterocycles. The summed E-state index contributed by atoms with van der Waals surface area (Å²) < 4.78 is 5.00. The fraction of sp³-hybridized carbons (Fsp3) is 0.182. The number of nitrogens with zero attached hydrogens (tertiary/aromatic N) is 1. The Labute approximate surface area is 107 Å². The SMILES string of the molecule is COc1cccc(N2OC(=O)CC(=O)ONC2=O)c1. The number of hydroxylamine groups is 2. The van der Waals surface area contributed by atoms with Gasteiger partial charge in [0, 0.05) is 6.07 Å². The highest BCUT2D eigenvalue weighted by atomic mass is 16.8. The second-order valence-electron chi connectivity index (χ2n) is 3.52. The first-order valence-electron chi connectivity index (χ1n) is 5.25. The number of benzene rings is 1. The molecule has 0 atom stereocenters. The molecule has 2 amide bonds. The van der Waals surface area contributed by atoms with Gasteiger partial charge in [0.1, 0.15) is 12.2 Å². The van der Waals surface area contributed by atoms with Gasteiger partial charge < -0.3 is 14.4 Å². The molecule has 0 aliphatic carbocycles. The number of carbonyl (C=O) groups excluding carboxylic acids is 3. The summed E-state index contributed by atoms with van der Waals surface area (Å²) in [5, 5.41) is 0.678. The van der Waals surface area contributed by atoms with Crippen molar-refractivity contribution >= 4 is 23.7 Å². The molecule has 1 fully saturated rings. The number of methoxy groups -OCH3 is 1. The van der Waals surface area contributed by atoms with Crippen molar-refractivity contribution in [2.24, 2.45) is 0 Å². The van der Waals surface area contributed by atoms with Crippen molar-refractivity contribution < 1.29 is 28.8 Å². The van der Waals surface area contributed by atoms with Crippen LogP contribution < -0.4 is 15.3 Å². The van der Waals surface area contributed by atoms with Crippen molar-refractivity contribution in [3.8, 4) is 5.75 Å². The van der Waals surface area contributed by atoms with Gasteiger partial charge in [-0.15, -0.1) is 5.06 Å². The molecule has 1 aliphatic rings. The summed E-state index contributed by atoms with van der Waals surface area (Å²) >= 11 is 0. The van der Waals surface area contributed by atoms with Crippen LogP contribution in [0.25, 0.3) is 0 Å². The Morgan fingerprint density at radius 2 is 2.05 bits per heavy atom. The van der Waals surface area contributed by atoms with Crippen LogP contribution in [0.4, 0.5) is 10.5 Å². The van der Waals surface area contributed by atoms with Crippen LogP contribution in [-0.2, 0) is 19.3 Å². The van der Waals surface area contributed by atoms with Gasteiger partial charge in [0.05, 0.1) is 12.8 Å². The van der Waals surface area contributed by atoms with Crippen LogP contribution in [-0.4, -0.2) is 25.1 Å². The molecule has 1 N–H and O–H groups in total. The summed E-state index contributed by atoms with van der Waals surface area (Å²) in [5.74, 6) is -1.33. The van der Waals surface area contributed by atoms with Gasteiger partial charge >= 0.3 is 18.0 Å². The topological polar surface area (TPSA) is 94.2 Å². The average molecular weight is 266 g/mol. The molecule has 1 aliphatic heterocycles. The lowest BCUT2D eigenvalue weighted by molar-refractivity contribution is -0.160. The van der Waals surface area contributed by atoms with E-state index in [-0.39, 0.29) is 5.69 Å². The van der Waals surface area contributed by atoms with E-state index in [1.165, 1.54) is 19.2 Å². The number of carbonyl (C=O) groups is 3. The molecule has 0 bridgehead atoms. The molecule has 100 valence electrons. The zero-order valence-corrected chi connectivity index (χ0v) is 9.91. The third-order valence-electron chi connectivity index (χ3n) is 2.21. The van der Waals surface area contributed by atoms with Gasteiger partial charge in [0.15, 0.2) is 0 Å². The lowest BCUT2D eigenvalue weighted by atomic mass is 10.3. The molecule has 8 heteroatoms. The van der Waals surface area contributed by atoms with E-state index in [0.29, 0.717) is 10.8 Å². The monoisotopic (exact) mass is 266 g/mol. The first kappa shape index (κ1) is 12.7. The smallest absolute Gasteiger partial charge is 0.388 e. The van der Waals surface area contributed by atoms with Gasteiger partial charge in [-0.3, -0.25) is 0 Å². The van der Waals surface area contributed by atoms with Crippen LogP contribution in [0, 0.1) is 0 Å². The zero-order chi connectivity index (χ0) is 13.8. The van der Waals surface area contributed by atoms with Gasteiger partial charge in [-0.05, 0) is 12.1 Å². The third-order valence-corrected chi connectivity index (χ3v) is 2.21. The standard InChI is InChI=1S/C11H10N2O6/c1-17-8-4-2-3-7(5-8)13-11(16)12-18-9(14)6-10(15)19-13/h2-5H,6H2,1H3,(H,12,16). The number of hydrogen-bond donors (Lipinski definition) is 1. The predicted octanol–water partition coefficient (Wildman–Crippen LogP) is 0.531. The molecule has 0 unspecified atom stereocenters. The molecule has 8 nitrogen and oxygen atoms in total. The second kappa shape index (κ2) is 5.25. The Hall–Kier alpha value is -2.77. The van der Waals surface area contributed by atoms with Gasteiger partial charge in [-0.1, -0.05) is 6.07 Å². The molecule has 0 radical (unpaired) electrons. The van der Waals surface area contributed by atoms with Crippen LogP contribution in [0.3, 0.4) is 0 Å². The van der Waals surface area contributed by atoms with Crippen LogP contribution in [0.5, 0.6) is 5.75 Å². The molecular formula is C11H10N2O6. The molecule has 1 aromatic rings. The normalized spacial score (nSPS) is 15.8. The number of rotatable bonds is 2. The van der Waals surface area contributed by atoms with Crippen LogP contribution in [0.1, 0.15) is 6.42 Å². The van der Waals surface area contributed by atoms with E-state index in [2.05, 4.69) is 4.84 Å². The maximum absolute atomic E-state index is 11.7. The first-order chi connectivity index (χ1) is 9.10. The van der Waals surface area contributed by atoms with E-state index in [4.69, 9.17) is 9.57 Å². The van der Waals surface area contributed by atoms with Gasteiger partial charge in [-0.2, -0.15) is 5.48 Å². The predicted molar refractivity (Wildman–Crippen MR) is 60.8 cm³/mol. The summed E-state index contributed by atoms with van der Waals surface area (Å²) in [6, 6.07) is 5.37. The van der Waals surface area contributed by atoms with E-state index in [1.54, 1.807) is 12.1 Å². The van der Waals surface area contributed by atoms with Crippen molar-refractivity contribution in [2.45, 2.75) is 6.42 Å². The van der Waals surface area contributed by atoms with Gasteiger partial charge in [0.25, 0.3) is 0 Å². The number of anilines is 1.